The van der Waals surface area contributed by atoms with Gasteiger partial charge in [-0.3, -0.25) is 19.3 Å². The van der Waals surface area contributed by atoms with Gasteiger partial charge in [0.1, 0.15) is 11.8 Å². The Morgan fingerprint density at radius 1 is 1.10 bits per heavy atom. The molecule has 4 amide bonds. The highest BCUT2D eigenvalue weighted by molar-refractivity contribution is 6.05. The average molecular weight is 410 g/mol. The van der Waals surface area contributed by atoms with Crippen LogP contribution in [0.1, 0.15) is 30.2 Å². The molecule has 1 N–H and O–H groups in total. The summed E-state index contributed by atoms with van der Waals surface area (Å²) < 4.78 is 7.02. The van der Waals surface area contributed by atoms with Crippen LogP contribution in [-0.4, -0.2) is 51.3 Å². The lowest BCUT2D eigenvalue weighted by atomic mass is 9.83. The van der Waals surface area contributed by atoms with Crippen molar-refractivity contribution < 1.29 is 18.8 Å². The predicted octanol–water partition coefficient (Wildman–Crippen LogP) is 0.898. The van der Waals surface area contributed by atoms with Crippen molar-refractivity contribution in [3.63, 3.8) is 0 Å². The zero-order valence-corrected chi connectivity index (χ0v) is 16.3. The van der Waals surface area contributed by atoms with Gasteiger partial charge < -0.3 is 19.2 Å². The Hall–Kier alpha value is -3.36. The number of fused-ring (bicyclic) bond motifs is 4. The second kappa shape index (κ2) is 7.16. The third kappa shape index (κ3) is 3.20. The highest BCUT2D eigenvalue weighted by Crippen LogP contribution is 2.35. The number of piperidine rings is 1. The van der Waals surface area contributed by atoms with E-state index >= 15 is 0 Å². The Morgan fingerprint density at radius 3 is 2.77 bits per heavy atom. The molecule has 3 atom stereocenters. The van der Waals surface area contributed by atoms with E-state index in [1.807, 2.05) is 10.6 Å². The molecular formula is C21H22N4O5. The van der Waals surface area contributed by atoms with Crippen LogP contribution in [0.5, 0.6) is 0 Å². The normalized spacial score (nSPS) is 25.3. The van der Waals surface area contributed by atoms with Crippen molar-refractivity contribution in [2.75, 3.05) is 13.1 Å². The van der Waals surface area contributed by atoms with Crippen molar-refractivity contribution >= 4 is 17.8 Å². The lowest BCUT2D eigenvalue weighted by Crippen LogP contribution is -2.50. The van der Waals surface area contributed by atoms with Gasteiger partial charge in [0.25, 0.3) is 11.5 Å². The maximum absolute atomic E-state index is 13.0. The quantitative estimate of drug-likeness (QED) is 0.754. The first-order valence-electron chi connectivity index (χ1n) is 10.1. The van der Waals surface area contributed by atoms with E-state index in [1.54, 1.807) is 29.2 Å². The number of hydrogen-bond donors (Lipinski definition) is 1. The molecule has 0 aromatic carbocycles. The van der Waals surface area contributed by atoms with Crippen LogP contribution in [0.25, 0.3) is 0 Å². The van der Waals surface area contributed by atoms with E-state index in [0.717, 1.165) is 17.0 Å². The molecule has 2 fully saturated rings. The number of hydrogen-bond acceptors (Lipinski definition) is 5. The zero-order valence-electron chi connectivity index (χ0n) is 16.3. The van der Waals surface area contributed by atoms with E-state index in [9.17, 15) is 19.2 Å². The van der Waals surface area contributed by atoms with E-state index < -0.39 is 18.0 Å². The molecule has 2 unspecified atom stereocenters. The molecule has 2 saturated heterocycles. The van der Waals surface area contributed by atoms with Gasteiger partial charge in [0.2, 0.25) is 5.91 Å². The molecule has 2 aromatic heterocycles. The highest BCUT2D eigenvalue weighted by Gasteiger charge is 2.42. The number of carbonyl (C=O) groups excluding carboxylic acids is 3. The number of likely N-dealkylation sites (tertiary alicyclic amines) is 1. The fraction of sp³-hybridized carbons (Fsp3) is 0.429. The smallest absolute Gasteiger partial charge is 0.325 e. The second-order valence-corrected chi connectivity index (χ2v) is 8.21. The van der Waals surface area contributed by atoms with Gasteiger partial charge >= 0.3 is 6.03 Å². The van der Waals surface area contributed by atoms with Gasteiger partial charge in [0, 0.05) is 37.3 Å². The molecule has 2 bridgehead atoms. The molecule has 3 aliphatic rings. The summed E-state index contributed by atoms with van der Waals surface area (Å²) in [5, 5.41) is 2.61. The fourth-order valence-electron chi connectivity index (χ4n) is 4.83. The van der Waals surface area contributed by atoms with Crippen LogP contribution in [0.2, 0.25) is 0 Å². The number of imide groups is 1. The standard InChI is InChI=1S/C21H22N4O5/c26-18-5-1-4-17-14-7-13(10-24(17)18)9-23(11-14)19(27)8-16-20(28)25(21(29)22-16)12-15-3-2-6-30-15/h1-6,13-14,16H,7-12H2,(H,22,29)/t13?,14?,16-/m0/s1. The molecule has 156 valence electrons. The van der Waals surface area contributed by atoms with Crippen LogP contribution in [0, 0.1) is 5.92 Å². The number of nitrogens with zero attached hydrogens (tertiary/aromatic N) is 3. The number of pyridine rings is 1. The number of urea groups is 1. The maximum atomic E-state index is 13.0. The molecule has 9 heteroatoms. The third-order valence-electron chi connectivity index (χ3n) is 6.21. The summed E-state index contributed by atoms with van der Waals surface area (Å²) in [5.74, 6) is 0.251. The maximum Gasteiger partial charge on any atom is 0.325 e. The predicted molar refractivity (Wildman–Crippen MR) is 104 cm³/mol. The summed E-state index contributed by atoms with van der Waals surface area (Å²) in [7, 11) is 0. The van der Waals surface area contributed by atoms with Gasteiger partial charge in [-0.15, -0.1) is 0 Å². The molecule has 2 aromatic rings. The summed E-state index contributed by atoms with van der Waals surface area (Å²) in [5.41, 5.74) is 0.962. The first-order chi connectivity index (χ1) is 14.5. The summed E-state index contributed by atoms with van der Waals surface area (Å²) >= 11 is 0. The fourth-order valence-corrected chi connectivity index (χ4v) is 4.83. The number of carbonyl (C=O) groups is 3. The lowest BCUT2D eigenvalue weighted by Gasteiger charge is -2.43. The first kappa shape index (κ1) is 18.7. The van der Waals surface area contributed by atoms with E-state index in [-0.39, 0.29) is 36.3 Å². The van der Waals surface area contributed by atoms with Crippen LogP contribution in [0.15, 0.2) is 45.8 Å². The molecule has 0 saturated carbocycles. The Bertz CT molecular complexity index is 1060. The van der Waals surface area contributed by atoms with Crippen molar-refractivity contribution in [3.8, 4) is 0 Å². The molecular weight excluding hydrogens is 388 g/mol. The highest BCUT2D eigenvalue weighted by atomic mass is 16.3. The van der Waals surface area contributed by atoms with Crippen molar-refractivity contribution in [2.45, 2.75) is 37.9 Å². The van der Waals surface area contributed by atoms with E-state index in [4.69, 9.17) is 4.42 Å². The Kier molecular flexibility index (Phi) is 4.45. The summed E-state index contributed by atoms with van der Waals surface area (Å²) in [6.45, 7) is 1.72. The molecule has 9 nitrogen and oxygen atoms in total. The first-order valence-corrected chi connectivity index (χ1v) is 10.1. The molecule has 3 aliphatic heterocycles. The Balaban J connectivity index is 1.26. The Morgan fingerprint density at radius 2 is 1.97 bits per heavy atom. The SMILES string of the molecule is O=C(C[C@@H]1NC(=O)N(Cc2ccco2)C1=O)N1CC2CC(C1)c1cccc(=O)n1C2. The summed E-state index contributed by atoms with van der Waals surface area (Å²) in [4.78, 5) is 52.8. The average Bonchev–Trinajstić information content (AvgIpc) is 3.33. The van der Waals surface area contributed by atoms with Gasteiger partial charge in [0.05, 0.1) is 19.2 Å². The van der Waals surface area contributed by atoms with Crippen LogP contribution < -0.4 is 10.9 Å². The van der Waals surface area contributed by atoms with Gasteiger partial charge in [-0.25, -0.2) is 4.79 Å². The minimum atomic E-state index is -0.864. The molecule has 0 radical (unpaired) electrons. The molecule has 5 rings (SSSR count). The van der Waals surface area contributed by atoms with Crippen LogP contribution >= 0.6 is 0 Å². The largest absolute Gasteiger partial charge is 0.467 e. The minimum Gasteiger partial charge on any atom is -0.467 e. The lowest BCUT2D eigenvalue weighted by molar-refractivity contribution is -0.137. The van der Waals surface area contributed by atoms with Crippen molar-refractivity contribution in [1.82, 2.24) is 19.7 Å². The van der Waals surface area contributed by atoms with Crippen molar-refractivity contribution in [1.29, 1.82) is 0 Å². The van der Waals surface area contributed by atoms with Crippen molar-refractivity contribution in [2.24, 2.45) is 5.92 Å². The topological polar surface area (TPSA) is 105 Å². The van der Waals surface area contributed by atoms with Crippen molar-refractivity contribution in [3.05, 3.63) is 58.4 Å². The zero-order chi connectivity index (χ0) is 20.8. The number of nitrogens with one attached hydrogen (secondary N) is 1. The van der Waals surface area contributed by atoms with Gasteiger partial charge in [-0.05, 0) is 30.5 Å². The summed E-state index contributed by atoms with van der Waals surface area (Å²) in [6.07, 6.45) is 2.36. The second-order valence-electron chi connectivity index (χ2n) is 8.21. The van der Waals surface area contributed by atoms with Gasteiger partial charge in [-0.1, -0.05) is 6.07 Å². The van der Waals surface area contributed by atoms with Crippen LogP contribution in [-0.2, 0) is 22.7 Å². The van der Waals surface area contributed by atoms with Crippen LogP contribution in [0.3, 0.4) is 0 Å². The number of aromatic nitrogens is 1. The van der Waals surface area contributed by atoms with E-state index in [2.05, 4.69) is 5.32 Å². The monoisotopic (exact) mass is 410 g/mol. The number of amides is 4. The molecule has 0 aliphatic carbocycles. The van der Waals surface area contributed by atoms with Gasteiger partial charge in [-0.2, -0.15) is 0 Å². The number of furan rings is 1. The molecule has 5 heterocycles. The van der Waals surface area contributed by atoms with E-state index in [1.165, 1.54) is 6.26 Å². The summed E-state index contributed by atoms with van der Waals surface area (Å²) in [6, 6.07) is 7.27. The van der Waals surface area contributed by atoms with E-state index in [0.29, 0.717) is 25.4 Å². The minimum absolute atomic E-state index is 0.00195. The Labute approximate surface area is 172 Å². The molecule has 30 heavy (non-hydrogen) atoms. The third-order valence-corrected chi connectivity index (χ3v) is 6.21. The number of rotatable bonds is 4. The molecule has 0 spiro atoms. The van der Waals surface area contributed by atoms with Gasteiger partial charge in [0.15, 0.2) is 0 Å². The van der Waals surface area contributed by atoms with Crippen LogP contribution in [0.4, 0.5) is 4.79 Å².